The smallest absolute Gasteiger partial charge is 0.341 e. The maximum atomic E-state index is 12.4. The van der Waals surface area contributed by atoms with E-state index in [2.05, 4.69) is 4.98 Å². The van der Waals surface area contributed by atoms with Gasteiger partial charge in [-0.3, -0.25) is 4.79 Å². The second-order valence-electron chi connectivity index (χ2n) is 5.00. The van der Waals surface area contributed by atoms with E-state index < -0.39 is 11.4 Å². The normalized spacial score (nSPS) is 11.0. The van der Waals surface area contributed by atoms with E-state index in [9.17, 15) is 9.59 Å². The Morgan fingerprint density at radius 2 is 1.90 bits per heavy atom. The van der Waals surface area contributed by atoms with E-state index in [0.29, 0.717) is 16.6 Å². The second-order valence-corrected chi connectivity index (χ2v) is 5.00. The monoisotopic (exact) mass is 282 g/mol. The maximum Gasteiger partial charge on any atom is 0.341 e. The molecule has 3 aromatic rings. The van der Waals surface area contributed by atoms with Gasteiger partial charge in [-0.2, -0.15) is 0 Å². The Labute approximate surface area is 120 Å². The van der Waals surface area contributed by atoms with Gasteiger partial charge in [0.15, 0.2) is 0 Å². The summed E-state index contributed by atoms with van der Waals surface area (Å²) < 4.78 is 1.69. The molecule has 106 valence electrons. The van der Waals surface area contributed by atoms with E-state index in [-0.39, 0.29) is 5.56 Å². The molecule has 0 saturated carbocycles. The van der Waals surface area contributed by atoms with E-state index in [0.717, 1.165) is 11.3 Å². The number of fused-ring (bicyclic) bond motifs is 1. The van der Waals surface area contributed by atoms with Crippen molar-refractivity contribution in [2.24, 2.45) is 7.05 Å². The van der Waals surface area contributed by atoms with Crippen LogP contribution in [0.3, 0.4) is 0 Å². The minimum absolute atomic E-state index is 0.216. The van der Waals surface area contributed by atoms with Crippen molar-refractivity contribution in [1.29, 1.82) is 0 Å². The van der Waals surface area contributed by atoms with E-state index in [1.54, 1.807) is 18.5 Å². The van der Waals surface area contributed by atoms with Gasteiger partial charge in [-0.05, 0) is 6.92 Å². The number of aromatic amines is 1. The summed E-state index contributed by atoms with van der Waals surface area (Å²) in [6.45, 7) is 1.78. The molecule has 3 rings (SSSR count). The molecule has 0 aliphatic rings. The molecule has 2 aromatic heterocycles. The number of carboxylic acid groups (broad SMARTS) is 1. The van der Waals surface area contributed by atoms with Gasteiger partial charge in [-0.15, -0.1) is 0 Å². The molecular weight excluding hydrogens is 268 g/mol. The number of hydrogen-bond acceptors (Lipinski definition) is 2. The van der Waals surface area contributed by atoms with Gasteiger partial charge in [0.1, 0.15) is 5.56 Å². The number of aryl methyl sites for hydroxylation is 2. The first-order valence-electron chi connectivity index (χ1n) is 6.51. The van der Waals surface area contributed by atoms with Gasteiger partial charge in [0.05, 0.1) is 16.6 Å². The number of H-pyrrole nitrogens is 1. The number of carboxylic acids is 1. The van der Waals surface area contributed by atoms with Crippen LogP contribution in [0.25, 0.3) is 22.2 Å². The lowest BCUT2D eigenvalue weighted by Gasteiger charge is -2.06. The van der Waals surface area contributed by atoms with Crippen LogP contribution in [-0.2, 0) is 7.05 Å². The topological polar surface area (TPSA) is 75.1 Å². The average Bonchev–Trinajstić information content (AvgIpc) is 2.82. The van der Waals surface area contributed by atoms with Crippen LogP contribution in [0.5, 0.6) is 0 Å². The second kappa shape index (κ2) is 4.63. The molecule has 0 fully saturated rings. The lowest BCUT2D eigenvalue weighted by atomic mass is 10.1. The predicted molar refractivity (Wildman–Crippen MR) is 80.7 cm³/mol. The molecule has 1 aromatic carbocycles. The van der Waals surface area contributed by atoms with E-state index in [1.807, 2.05) is 30.3 Å². The van der Waals surface area contributed by atoms with E-state index >= 15 is 0 Å². The third-order valence-electron chi connectivity index (χ3n) is 3.60. The Balaban J connectivity index is 2.45. The minimum atomic E-state index is -1.21. The highest BCUT2D eigenvalue weighted by Gasteiger charge is 2.19. The summed E-state index contributed by atoms with van der Waals surface area (Å²) in [7, 11) is 1.74. The molecule has 5 nitrogen and oxygen atoms in total. The first-order chi connectivity index (χ1) is 10.0. The van der Waals surface area contributed by atoms with Crippen LogP contribution in [0.2, 0.25) is 0 Å². The SMILES string of the molecule is Cc1[nH]c(-c2ccccc2)c2c1c(=O)c(C(=O)O)cn2C. The molecule has 0 amide bonds. The molecule has 0 aliphatic heterocycles. The Bertz CT molecular complexity index is 905. The van der Waals surface area contributed by atoms with Crippen molar-refractivity contribution in [3.63, 3.8) is 0 Å². The Morgan fingerprint density at radius 1 is 1.24 bits per heavy atom. The van der Waals surface area contributed by atoms with Gasteiger partial charge in [0.25, 0.3) is 0 Å². The number of benzene rings is 1. The van der Waals surface area contributed by atoms with Crippen molar-refractivity contribution < 1.29 is 9.90 Å². The summed E-state index contributed by atoms with van der Waals surface area (Å²) in [5, 5.41) is 9.57. The van der Waals surface area contributed by atoms with Gasteiger partial charge in [-0.25, -0.2) is 4.79 Å². The number of rotatable bonds is 2. The van der Waals surface area contributed by atoms with Crippen LogP contribution >= 0.6 is 0 Å². The highest BCUT2D eigenvalue weighted by Crippen LogP contribution is 2.28. The lowest BCUT2D eigenvalue weighted by Crippen LogP contribution is -2.17. The number of nitrogens with zero attached hydrogens (tertiary/aromatic N) is 1. The molecule has 0 radical (unpaired) electrons. The van der Waals surface area contributed by atoms with Crippen molar-refractivity contribution in [3.8, 4) is 11.3 Å². The zero-order valence-corrected chi connectivity index (χ0v) is 11.7. The van der Waals surface area contributed by atoms with Crippen molar-refractivity contribution >= 4 is 16.9 Å². The fraction of sp³-hybridized carbons (Fsp3) is 0.125. The zero-order chi connectivity index (χ0) is 15.1. The van der Waals surface area contributed by atoms with Crippen LogP contribution in [0.1, 0.15) is 16.1 Å². The zero-order valence-electron chi connectivity index (χ0n) is 11.7. The number of pyridine rings is 1. The van der Waals surface area contributed by atoms with E-state index in [4.69, 9.17) is 5.11 Å². The number of carbonyl (C=O) groups is 1. The first kappa shape index (κ1) is 13.2. The first-order valence-corrected chi connectivity index (χ1v) is 6.51. The average molecular weight is 282 g/mol. The van der Waals surface area contributed by atoms with Crippen LogP contribution in [0.15, 0.2) is 41.3 Å². The van der Waals surface area contributed by atoms with Crippen molar-refractivity contribution in [3.05, 3.63) is 58.0 Å². The predicted octanol–water partition coefficient (Wildman–Crippen LogP) is 2.54. The van der Waals surface area contributed by atoms with Crippen LogP contribution in [0, 0.1) is 6.92 Å². The van der Waals surface area contributed by atoms with E-state index in [1.165, 1.54) is 6.20 Å². The summed E-state index contributed by atoms with van der Waals surface area (Å²) in [6, 6.07) is 9.64. The Hall–Kier alpha value is -2.82. The highest BCUT2D eigenvalue weighted by molar-refractivity contribution is 5.99. The number of hydrogen-bond donors (Lipinski definition) is 2. The van der Waals surface area contributed by atoms with Crippen LogP contribution in [0.4, 0.5) is 0 Å². The molecule has 2 heterocycles. The largest absolute Gasteiger partial charge is 0.477 e. The molecule has 21 heavy (non-hydrogen) atoms. The highest BCUT2D eigenvalue weighted by atomic mass is 16.4. The fourth-order valence-corrected chi connectivity index (χ4v) is 2.66. The third-order valence-corrected chi connectivity index (χ3v) is 3.60. The van der Waals surface area contributed by atoms with Gasteiger partial charge in [0, 0.05) is 24.5 Å². The summed E-state index contributed by atoms with van der Waals surface area (Å²) in [5.41, 5.74) is 2.49. The van der Waals surface area contributed by atoms with Gasteiger partial charge >= 0.3 is 5.97 Å². The third kappa shape index (κ3) is 1.94. The maximum absolute atomic E-state index is 12.4. The summed E-state index contributed by atoms with van der Waals surface area (Å²) >= 11 is 0. The number of aromatic nitrogens is 2. The molecule has 0 spiro atoms. The van der Waals surface area contributed by atoms with Crippen LogP contribution < -0.4 is 5.43 Å². The quantitative estimate of drug-likeness (QED) is 0.758. The Morgan fingerprint density at radius 3 is 2.52 bits per heavy atom. The summed E-state index contributed by atoms with van der Waals surface area (Å²) in [6.07, 6.45) is 1.37. The molecule has 0 aliphatic carbocycles. The fourth-order valence-electron chi connectivity index (χ4n) is 2.66. The summed E-state index contributed by atoms with van der Waals surface area (Å²) in [5.74, 6) is -1.21. The van der Waals surface area contributed by atoms with Gasteiger partial charge in [0.2, 0.25) is 5.43 Å². The van der Waals surface area contributed by atoms with Crippen molar-refractivity contribution in [2.75, 3.05) is 0 Å². The molecule has 0 atom stereocenters. The summed E-state index contributed by atoms with van der Waals surface area (Å²) in [4.78, 5) is 26.8. The van der Waals surface area contributed by atoms with Gasteiger partial charge < -0.3 is 14.7 Å². The lowest BCUT2D eigenvalue weighted by molar-refractivity contribution is 0.0695. The minimum Gasteiger partial charge on any atom is -0.477 e. The molecule has 0 saturated heterocycles. The van der Waals surface area contributed by atoms with Crippen molar-refractivity contribution in [2.45, 2.75) is 6.92 Å². The molecule has 0 unspecified atom stereocenters. The standard InChI is InChI=1S/C16H14N2O3/c1-9-12-14(13(17-9)10-6-4-3-5-7-10)18(2)8-11(15(12)19)16(20)21/h3-8,17H,1-2H3,(H,20,21). The molecule has 5 heteroatoms. The Kier molecular flexibility index (Phi) is 2.90. The van der Waals surface area contributed by atoms with Crippen LogP contribution in [-0.4, -0.2) is 20.6 Å². The molecule has 2 N–H and O–H groups in total. The number of nitrogens with one attached hydrogen (secondary N) is 1. The number of aromatic carboxylic acids is 1. The molecule has 0 bridgehead atoms. The van der Waals surface area contributed by atoms with Crippen molar-refractivity contribution in [1.82, 2.24) is 9.55 Å². The molecular formula is C16H14N2O3. The van der Waals surface area contributed by atoms with Gasteiger partial charge in [-0.1, -0.05) is 30.3 Å².